The van der Waals surface area contributed by atoms with Gasteiger partial charge in [-0.3, -0.25) is 15.0 Å². The molecule has 3 amide bonds. The number of benzene rings is 2. The molecule has 170 valence electrons. The highest BCUT2D eigenvalue weighted by molar-refractivity contribution is 6.07. The third-order valence-electron chi connectivity index (χ3n) is 6.46. The number of amides is 3. The van der Waals surface area contributed by atoms with Crippen LogP contribution in [0.4, 0.5) is 9.18 Å². The molecule has 4 rings (SSSR count). The van der Waals surface area contributed by atoms with Crippen molar-refractivity contribution < 1.29 is 23.8 Å². The quantitative estimate of drug-likeness (QED) is 0.575. The molecule has 3 N–H and O–H groups in total. The summed E-state index contributed by atoms with van der Waals surface area (Å²) in [6.07, 6.45) is 1.43. The SMILES string of the molecule is CCOc1cccc(CN2CCC(C3(Cc4ccccc4F)NC(=O)NC3=O)CC2)c1O. The van der Waals surface area contributed by atoms with Crippen molar-refractivity contribution >= 4 is 11.9 Å². The van der Waals surface area contributed by atoms with Gasteiger partial charge in [0.2, 0.25) is 0 Å². The molecule has 0 saturated carbocycles. The van der Waals surface area contributed by atoms with Crippen LogP contribution in [0.2, 0.25) is 0 Å². The number of hydrogen-bond donors (Lipinski definition) is 3. The highest BCUT2D eigenvalue weighted by Gasteiger charge is 2.52. The van der Waals surface area contributed by atoms with Gasteiger partial charge < -0.3 is 15.2 Å². The van der Waals surface area contributed by atoms with Crippen molar-refractivity contribution in [3.63, 3.8) is 0 Å². The number of imide groups is 1. The number of para-hydroxylation sites is 1. The van der Waals surface area contributed by atoms with Crippen LogP contribution in [0.25, 0.3) is 0 Å². The molecule has 2 fully saturated rings. The molecule has 0 aromatic heterocycles. The maximum absolute atomic E-state index is 14.3. The lowest BCUT2D eigenvalue weighted by atomic mass is 9.74. The second kappa shape index (κ2) is 9.16. The van der Waals surface area contributed by atoms with E-state index in [0.29, 0.717) is 50.4 Å². The van der Waals surface area contributed by atoms with Crippen molar-refractivity contribution in [2.75, 3.05) is 19.7 Å². The fourth-order valence-electron chi connectivity index (χ4n) is 4.80. The van der Waals surface area contributed by atoms with Gasteiger partial charge in [0.05, 0.1) is 6.61 Å². The predicted molar refractivity (Wildman–Crippen MR) is 117 cm³/mol. The standard InChI is InChI=1S/C24H28FN3O4/c1-2-32-20-9-5-7-17(21(20)29)15-28-12-10-18(11-13-28)24(22(30)26-23(31)27-24)14-16-6-3-4-8-19(16)25/h3-9,18,29H,2,10-15H2,1H3,(H2,26,27,30,31). The molecule has 2 aromatic carbocycles. The number of piperidine rings is 1. The zero-order chi connectivity index (χ0) is 22.7. The van der Waals surface area contributed by atoms with Crippen LogP contribution >= 0.6 is 0 Å². The molecule has 0 radical (unpaired) electrons. The minimum atomic E-state index is -1.16. The van der Waals surface area contributed by atoms with E-state index >= 15 is 0 Å². The number of carbonyl (C=O) groups excluding carboxylic acids is 2. The normalized spacial score (nSPS) is 21.9. The first-order valence-corrected chi connectivity index (χ1v) is 11.0. The Bertz CT molecular complexity index is 1010. The van der Waals surface area contributed by atoms with Crippen LogP contribution in [-0.2, 0) is 17.8 Å². The summed E-state index contributed by atoms with van der Waals surface area (Å²) in [7, 11) is 0. The van der Waals surface area contributed by atoms with E-state index in [9.17, 15) is 19.1 Å². The van der Waals surface area contributed by atoms with Crippen molar-refractivity contribution in [1.82, 2.24) is 15.5 Å². The Morgan fingerprint density at radius 3 is 2.50 bits per heavy atom. The van der Waals surface area contributed by atoms with Crippen LogP contribution < -0.4 is 15.4 Å². The summed E-state index contributed by atoms with van der Waals surface area (Å²) < 4.78 is 19.8. The smallest absolute Gasteiger partial charge is 0.322 e. The van der Waals surface area contributed by atoms with E-state index in [1.54, 1.807) is 24.3 Å². The fourth-order valence-corrected chi connectivity index (χ4v) is 4.80. The number of hydrogen-bond acceptors (Lipinski definition) is 5. The Balaban J connectivity index is 1.48. The monoisotopic (exact) mass is 441 g/mol. The summed E-state index contributed by atoms with van der Waals surface area (Å²) >= 11 is 0. The summed E-state index contributed by atoms with van der Waals surface area (Å²) in [6.45, 7) is 4.26. The summed E-state index contributed by atoms with van der Waals surface area (Å²) in [5.41, 5.74) is 0.0230. The predicted octanol–water partition coefficient (Wildman–Crippen LogP) is 2.96. The van der Waals surface area contributed by atoms with Gasteiger partial charge >= 0.3 is 6.03 Å². The van der Waals surface area contributed by atoms with Gasteiger partial charge in [-0.05, 0) is 56.5 Å². The maximum atomic E-state index is 14.3. The van der Waals surface area contributed by atoms with E-state index in [4.69, 9.17) is 4.74 Å². The van der Waals surface area contributed by atoms with Gasteiger partial charge in [-0.2, -0.15) is 0 Å². The Morgan fingerprint density at radius 2 is 1.84 bits per heavy atom. The maximum Gasteiger partial charge on any atom is 0.322 e. The molecule has 2 saturated heterocycles. The third kappa shape index (κ3) is 4.27. The first-order chi connectivity index (χ1) is 15.4. The lowest BCUT2D eigenvalue weighted by molar-refractivity contribution is -0.126. The molecular formula is C24H28FN3O4. The molecule has 2 aromatic rings. The van der Waals surface area contributed by atoms with Crippen LogP contribution in [0.1, 0.15) is 30.9 Å². The Hall–Kier alpha value is -3.13. The number of ether oxygens (including phenoxy) is 1. The number of likely N-dealkylation sites (tertiary alicyclic amines) is 1. The lowest BCUT2D eigenvalue weighted by Crippen LogP contribution is -2.57. The van der Waals surface area contributed by atoms with E-state index in [-0.39, 0.29) is 23.9 Å². The second-order valence-corrected chi connectivity index (χ2v) is 8.40. The molecule has 1 unspecified atom stereocenters. The molecule has 1 atom stereocenters. The minimum Gasteiger partial charge on any atom is -0.504 e. The fraction of sp³-hybridized carbons (Fsp3) is 0.417. The highest BCUT2D eigenvalue weighted by Crippen LogP contribution is 2.36. The number of rotatable bonds is 7. The average Bonchev–Trinajstić information content (AvgIpc) is 3.07. The van der Waals surface area contributed by atoms with Crippen LogP contribution in [0, 0.1) is 11.7 Å². The van der Waals surface area contributed by atoms with Crippen molar-refractivity contribution in [3.05, 3.63) is 59.4 Å². The minimum absolute atomic E-state index is 0.110. The first-order valence-electron chi connectivity index (χ1n) is 11.0. The number of urea groups is 1. The summed E-state index contributed by atoms with van der Waals surface area (Å²) in [5, 5.41) is 15.6. The Labute approximate surface area is 186 Å². The van der Waals surface area contributed by atoms with Crippen LogP contribution in [0.3, 0.4) is 0 Å². The van der Waals surface area contributed by atoms with Crippen LogP contribution in [-0.4, -0.2) is 47.2 Å². The van der Waals surface area contributed by atoms with Crippen molar-refractivity contribution in [1.29, 1.82) is 0 Å². The molecule has 32 heavy (non-hydrogen) atoms. The first kappa shape index (κ1) is 22.1. The lowest BCUT2D eigenvalue weighted by Gasteiger charge is -2.40. The van der Waals surface area contributed by atoms with E-state index in [0.717, 1.165) is 5.56 Å². The van der Waals surface area contributed by atoms with Gasteiger partial charge in [-0.25, -0.2) is 9.18 Å². The number of aromatic hydroxyl groups is 1. The third-order valence-corrected chi connectivity index (χ3v) is 6.46. The number of halogens is 1. The zero-order valence-electron chi connectivity index (χ0n) is 18.1. The summed E-state index contributed by atoms with van der Waals surface area (Å²) in [5.74, 6) is -0.300. The largest absolute Gasteiger partial charge is 0.504 e. The molecule has 8 heteroatoms. The molecule has 2 aliphatic heterocycles. The summed E-state index contributed by atoms with van der Waals surface area (Å²) in [6, 6.07) is 11.3. The van der Waals surface area contributed by atoms with Crippen molar-refractivity contribution in [3.8, 4) is 11.5 Å². The van der Waals surface area contributed by atoms with Crippen LogP contribution in [0.15, 0.2) is 42.5 Å². The van der Waals surface area contributed by atoms with Gasteiger partial charge in [-0.1, -0.05) is 30.3 Å². The number of nitrogens with zero attached hydrogens (tertiary/aromatic N) is 1. The molecule has 0 spiro atoms. The van der Waals surface area contributed by atoms with E-state index in [2.05, 4.69) is 15.5 Å². The molecule has 7 nitrogen and oxygen atoms in total. The molecule has 2 heterocycles. The number of phenols is 1. The van der Waals surface area contributed by atoms with E-state index < -0.39 is 17.5 Å². The second-order valence-electron chi connectivity index (χ2n) is 8.40. The van der Waals surface area contributed by atoms with Gasteiger partial charge in [0.1, 0.15) is 11.4 Å². The Kier molecular flexibility index (Phi) is 6.32. The summed E-state index contributed by atoms with van der Waals surface area (Å²) in [4.78, 5) is 27.1. The van der Waals surface area contributed by atoms with Gasteiger partial charge in [0, 0.05) is 18.5 Å². The number of nitrogens with one attached hydrogen (secondary N) is 2. The molecular weight excluding hydrogens is 413 g/mol. The van der Waals surface area contributed by atoms with E-state index in [1.165, 1.54) is 6.07 Å². The highest BCUT2D eigenvalue weighted by atomic mass is 19.1. The zero-order valence-corrected chi connectivity index (χ0v) is 18.1. The van der Waals surface area contributed by atoms with Gasteiger partial charge in [-0.15, -0.1) is 0 Å². The molecule has 2 aliphatic rings. The van der Waals surface area contributed by atoms with Gasteiger partial charge in [0.25, 0.3) is 5.91 Å². The molecule has 0 aliphatic carbocycles. The topological polar surface area (TPSA) is 90.9 Å². The van der Waals surface area contributed by atoms with Crippen molar-refractivity contribution in [2.45, 2.75) is 38.3 Å². The number of carbonyl (C=O) groups is 2. The van der Waals surface area contributed by atoms with Gasteiger partial charge in [0.15, 0.2) is 11.5 Å². The van der Waals surface area contributed by atoms with E-state index in [1.807, 2.05) is 19.1 Å². The molecule has 0 bridgehead atoms. The average molecular weight is 442 g/mol. The van der Waals surface area contributed by atoms with Crippen molar-refractivity contribution in [2.24, 2.45) is 5.92 Å². The Morgan fingerprint density at radius 1 is 1.12 bits per heavy atom. The van der Waals surface area contributed by atoms with Crippen LogP contribution in [0.5, 0.6) is 11.5 Å². The number of phenolic OH excluding ortho intramolecular Hbond substituents is 1.